The first kappa shape index (κ1) is 14.9. The Morgan fingerprint density at radius 1 is 1.15 bits per heavy atom. The van der Waals surface area contributed by atoms with Crippen LogP contribution in [0.15, 0.2) is 36.5 Å². The molecule has 0 N–H and O–H groups in total. The van der Waals surface area contributed by atoms with E-state index in [1.807, 2.05) is 30.5 Å². The minimum Gasteiger partial charge on any atom is -0.296 e. The largest absolute Gasteiger partial charge is 0.296 e. The highest BCUT2D eigenvalue weighted by Gasteiger charge is 2.08. The van der Waals surface area contributed by atoms with Gasteiger partial charge in [-0.1, -0.05) is 43.6 Å². The fourth-order valence-electron chi connectivity index (χ4n) is 2.03. The lowest BCUT2D eigenvalue weighted by atomic mass is 10.2. The average Bonchev–Trinajstić information content (AvgIpc) is 2.41. The molecular weight excluding hydrogens is 270 g/mol. The predicted octanol–water partition coefficient (Wildman–Crippen LogP) is 3.89. The van der Waals surface area contributed by atoms with Crippen LogP contribution in [-0.2, 0) is 13.1 Å². The van der Waals surface area contributed by atoms with Crippen LogP contribution in [0.3, 0.4) is 0 Å². The molecule has 0 bridgehead atoms. The van der Waals surface area contributed by atoms with Crippen molar-refractivity contribution in [3.63, 3.8) is 0 Å². The van der Waals surface area contributed by atoms with E-state index < -0.39 is 0 Å². The first-order valence-electron chi connectivity index (χ1n) is 6.80. The summed E-state index contributed by atoms with van der Waals surface area (Å²) in [5.74, 6) is 1.25. The number of hydrogen-bond donors (Lipinski definition) is 0. The van der Waals surface area contributed by atoms with E-state index in [0.717, 1.165) is 35.2 Å². The molecule has 0 aliphatic heterocycles. The standard InChI is InChI=1S/C16H20ClN3/c1-12(2)16-18-9-8-14(19-16)11-20(3)10-13-6-4-5-7-15(13)17/h4-9,12H,10-11H2,1-3H3. The molecule has 0 fully saturated rings. The monoisotopic (exact) mass is 289 g/mol. The normalized spacial score (nSPS) is 11.3. The van der Waals surface area contributed by atoms with E-state index >= 15 is 0 Å². The van der Waals surface area contributed by atoms with E-state index in [0.29, 0.717) is 5.92 Å². The maximum atomic E-state index is 6.19. The predicted molar refractivity (Wildman–Crippen MR) is 82.7 cm³/mol. The van der Waals surface area contributed by atoms with Crippen LogP contribution in [0.4, 0.5) is 0 Å². The SMILES string of the molecule is CC(C)c1nccc(CN(C)Cc2ccccc2Cl)n1. The summed E-state index contributed by atoms with van der Waals surface area (Å²) >= 11 is 6.19. The Hall–Kier alpha value is -1.45. The Kier molecular flexibility index (Phi) is 5.10. The van der Waals surface area contributed by atoms with Crippen LogP contribution in [0.1, 0.15) is 36.8 Å². The van der Waals surface area contributed by atoms with Crippen molar-refractivity contribution in [2.45, 2.75) is 32.9 Å². The highest BCUT2D eigenvalue weighted by atomic mass is 35.5. The number of aromatic nitrogens is 2. The molecule has 0 aliphatic rings. The van der Waals surface area contributed by atoms with Gasteiger partial charge in [0, 0.05) is 30.2 Å². The summed E-state index contributed by atoms with van der Waals surface area (Å²) in [4.78, 5) is 11.1. The van der Waals surface area contributed by atoms with Crippen molar-refractivity contribution in [3.8, 4) is 0 Å². The summed E-state index contributed by atoms with van der Waals surface area (Å²) in [5.41, 5.74) is 2.17. The van der Waals surface area contributed by atoms with E-state index in [1.165, 1.54) is 0 Å². The Labute approximate surface area is 125 Å². The summed E-state index contributed by atoms with van der Waals surface area (Å²) in [6, 6.07) is 9.90. The van der Waals surface area contributed by atoms with Gasteiger partial charge in [0.2, 0.25) is 0 Å². The van der Waals surface area contributed by atoms with Crippen molar-refractivity contribution in [3.05, 3.63) is 58.6 Å². The van der Waals surface area contributed by atoms with Gasteiger partial charge in [-0.3, -0.25) is 4.90 Å². The van der Waals surface area contributed by atoms with Gasteiger partial charge in [-0.05, 0) is 24.7 Å². The van der Waals surface area contributed by atoms with E-state index in [4.69, 9.17) is 11.6 Å². The lowest BCUT2D eigenvalue weighted by Gasteiger charge is -2.17. The second kappa shape index (κ2) is 6.82. The third-order valence-electron chi connectivity index (χ3n) is 3.08. The summed E-state index contributed by atoms with van der Waals surface area (Å²) in [6.07, 6.45) is 1.83. The average molecular weight is 290 g/mol. The third kappa shape index (κ3) is 4.02. The molecular formula is C16H20ClN3. The summed E-state index contributed by atoms with van der Waals surface area (Å²) < 4.78 is 0. The molecule has 0 saturated heterocycles. The Morgan fingerprint density at radius 2 is 1.90 bits per heavy atom. The van der Waals surface area contributed by atoms with Crippen LogP contribution >= 0.6 is 11.6 Å². The molecule has 1 heterocycles. The lowest BCUT2D eigenvalue weighted by molar-refractivity contribution is 0.314. The van der Waals surface area contributed by atoms with Gasteiger partial charge in [-0.25, -0.2) is 9.97 Å². The number of halogens is 1. The number of rotatable bonds is 5. The van der Waals surface area contributed by atoms with Gasteiger partial charge < -0.3 is 0 Å². The van der Waals surface area contributed by atoms with Gasteiger partial charge in [-0.2, -0.15) is 0 Å². The van der Waals surface area contributed by atoms with Crippen molar-refractivity contribution < 1.29 is 0 Å². The van der Waals surface area contributed by atoms with Crippen LogP contribution in [-0.4, -0.2) is 21.9 Å². The zero-order valence-corrected chi connectivity index (χ0v) is 12.9. The van der Waals surface area contributed by atoms with Gasteiger partial charge in [0.15, 0.2) is 0 Å². The minimum absolute atomic E-state index is 0.351. The summed E-state index contributed by atoms with van der Waals surface area (Å²) in [7, 11) is 2.07. The molecule has 3 nitrogen and oxygen atoms in total. The van der Waals surface area contributed by atoms with Crippen LogP contribution in [0, 0.1) is 0 Å². The Bertz CT molecular complexity index is 569. The molecule has 1 aromatic carbocycles. The van der Waals surface area contributed by atoms with Gasteiger partial charge in [0.05, 0.1) is 5.69 Å². The smallest absolute Gasteiger partial charge is 0.131 e. The number of benzene rings is 1. The maximum absolute atomic E-state index is 6.19. The fraction of sp³-hybridized carbons (Fsp3) is 0.375. The van der Waals surface area contributed by atoms with Gasteiger partial charge >= 0.3 is 0 Å². The highest BCUT2D eigenvalue weighted by molar-refractivity contribution is 6.31. The van der Waals surface area contributed by atoms with Crippen LogP contribution < -0.4 is 0 Å². The molecule has 0 radical (unpaired) electrons. The van der Waals surface area contributed by atoms with Gasteiger partial charge in [0.1, 0.15) is 5.82 Å². The van der Waals surface area contributed by atoms with E-state index in [1.54, 1.807) is 0 Å². The van der Waals surface area contributed by atoms with E-state index in [2.05, 4.69) is 41.8 Å². The van der Waals surface area contributed by atoms with Crippen molar-refractivity contribution in [1.29, 1.82) is 0 Å². The van der Waals surface area contributed by atoms with E-state index in [9.17, 15) is 0 Å². The van der Waals surface area contributed by atoms with E-state index in [-0.39, 0.29) is 0 Å². The molecule has 0 aliphatic carbocycles. The van der Waals surface area contributed by atoms with Crippen LogP contribution in [0.5, 0.6) is 0 Å². The molecule has 1 aromatic heterocycles. The first-order valence-corrected chi connectivity index (χ1v) is 7.18. The van der Waals surface area contributed by atoms with Crippen molar-refractivity contribution in [2.24, 2.45) is 0 Å². The molecule has 0 atom stereocenters. The van der Waals surface area contributed by atoms with Gasteiger partial charge in [0.25, 0.3) is 0 Å². The van der Waals surface area contributed by atoms with Crippen molar-refractivity contribution in [2.75, 3.05) is 7.05 Å². The highest BCUT2D eigenvalue weighted by Crippen LogP contribution is 2.17. The topological polar surface area (TPSA) is 29.0 Å². The van der Waals surface area contributed by atoms with Crippen LogP contribution in [0.2, 0.25) is 5.02 Å². The van der Waals surface area contributed by atoms with Crippen molar-refractivity contribution in [1.82, 2.24) is 14.9 Å². The number of hydrogen-bond acceptors (Lipinski definition) is 3. The molecule has 0 amide bonds. The maximum Gasteiger partial charge on any atom is 0.131 e. The Balaban J connectivity index is 2.03. The van der Waals surface area contributed by atoms with Gasteiger partial charge in [-0.15, -0.1) is 0 Å². The molecule has 20 heavy (non-hydrogen) atoms. The second-order valence-electron chi connectivity index (χ2n) is 5.32. The second-order valence-corrected chi connectivity index (χ2v) is 5.73. The zero-order valence-electron chi connectivity index (χ0n) is 12.2. The summed E-state index contributed by atoms with van der Waals surface area (Å²) in [6.45, 7) is 5.80. The molecule has 2 aromatic rings. The first-order chi connectivity index (χ1) is 9.56. The summed E-state index contributed by atoms with van der Waals surface area (Å²) in [5, 5.41) is 0.810. The third-order valence-corrected chi connectivity index (χ3v) is 3.45. The number of nitrogens with zero attached hydrogens (tertiary/aromatic N) is 3. The van der Waals surface area contributed by atoms with Crippen LogP contribution in [0.25, 0.3) is 0 Å². The lowest BCUT2D eigenvalue weighted by Crippen LogP contribution is -2.18. The molecule has 0 spiro atoms. The van der Waals surface area contributed by atoms with Crippen molar-refractivity contribution >= 4 is 11.6 Å². The molecule has 0 unspecified atom stereocenters. The fourth-order valence-corrected chi connectivity index (χ4v) is 2.22. The molecule has 0 saturated carbocycles. The molecule has 106 valence electrons. The molecule has 4 heteroatoms. The Morgan fingerprint density at radius 3 is 2.60 bits per heavy atom. The molecule has 2 rings (SSSR count). The minimum atomic E-state index is 0.351. The quantitative estimate of drug-likeness (QED) is 0.836. The zero-order chi connectivity index (χ0) is 14.5.